The normalized spacial score (nSPS) is 10.6. The van der Waals surface area contributed by atoms with Crippen LogP contribution in [0.2, 0.25) is 0 Å². The fourth-order valence-corrected chi connectivity index (χ4v) is 1.61. The van der Waals surface area contributed by atoms with Crippen LogP contribution in [0.3, 0.4) is 0 Å². The van der Waals surface area contributed by atoms with Crippen molar-refractivity contribution in [3.63, 3.8) is 0 Å². The number of aromatic hydroxyl groups is 1. The van der Waals surface area contributed by atoms with Gasteiger partial charge >= 0.3 is 0 Å². The first-order valence-corrected chi connectivity index (χ1v) is 5.23. The molecule has 1 aromatic heterocycles. The Hall–Kier alpha value is -1.81. The number of nitrogens with zero attached hydrogens (tertiary/aromatic N) is 2. The Morgan fingerprint density at radius 2 is 2.25 bits per heavy atom. The monoisotopic (exact) mass is 217 g/mol. The van der Waals surface area contributed by atoms with Crippen molar-refractivity contribution in [3.8, 4) is 5.75 Å². The molecule has 0 spiro atoms. The molecule has 0 amide bonds. The van der Waals surface area contributed by atoms with E-state index in [0.717, 1.165) is 17.8 Å². The van der Waals surface area contributed by atoms with E-state index < -0.39 is 0 Å². The molecule has 0 aliphatic heterocycles. The standard InChI is InChI=1S/C12H15N3O/c1-13-8-11-5-6-15(14-11)9-10-3-2-4-12(16)7-10/h2-7,13,16H,8-9H2,1H3. The smallest absolute Gasteiger partial charge is 0.115 e. The van der Waals surface area contributed by atoms with Gasteiger partial charge in [-0.25, -0.2) is 0 Å². The third kappa shape index (κ3) is 2.61. The lowest BCUT2D eigenvalue weighted by Gasteiger charge is -2.02. The van der Waals surface area contributed by atoms with Crippen molar-refractivity contribution in [3.05, 3.63) is 47.8 Å². The quantitative estimate of drug-likeness (QED) is 0.813. The zero-order valence-electron chi connectivity index (χ0n) is 9.22. The van der Waals surface area contributed by atoms with Gasteiger partial charge in [-0.3, -0.25) is 4.68 Å². The van der Waals surface area contributed by atoms with E-state index in [0.29, 0.717) is 12.3 Å². The van der Waals surface area contributed by atoms with Crippen LogP contribution in [-0.4, -0.2) is 21.9 Å². The summed E-state index contributed by atoms with van der Waals surface area (Å²) < 4.78 is 1.86. The summed E-state index contributed by atoms with van der Waals surface area (Å²) in [5.41, 5.74) is 2.06. The van der Waals surface area contributed by atoms with E-state index in [4.69, 9.17) is 0 Å². The number of hydrogen-bond acceptors (Lipinski definition) is 3. The number of rotatable bonds is 4. The average molecular weight is 217 g/mol. The van der Waals surface area contributed by atoms with E-state index in [1.54, 1.807) is 12.1 Å². The van der Waals surface area contributed by atoms with Gasteiger partial charge in [-0.15, -0.1) is 0 Å². The molecule has 0 saturated heterocycles. The van der Waals surface area contributed by atoms with Crippen molar-refractivity contribution in [2.75, 3.05) is 7.05 Å². The van der Waals surface area contributed by atoms with Crippen molar-refractivity contribution >= 4 is 0 Å². The van der Waals surface area contributed by atoms with Gasteiger partial charge in [-0.2, -0.15) is 5.10 Å². The highest BCUT2D eigenvalue weighted by atomic mass is 16.3. The van der Waals surface area contributed by atoms with Gasteiger partial charge in [-0.05, 0) is 30.8 Å². The van der Waals surface area contributed by atoms with Gasteiger partial charge in [0.2, 0.25) is 0 Å². The van der Waals surface area contributed by atoms with Crippen LogP contribution in [0.25, 0.3) is 0 Å². The molecule has 84 valence electrons. The fraction of sp³-hybridized carbons (Fsp3) is 0.250. The molecule has 2 N–H and O–H groups in total. The topological polar surface area (TPSA) is 50.1 Å². The maximum Gasteiger partial charge on any atom is 0.115 e. The van der Waals surface area contributed by atoms with Gasteiger partial charge < -0.3 is 10.4 Å². The summed E-state index contributed by atoms with van der Waals surface area (Å²) in [5, 5.41) is 16.8. The highest BCUT2D eigenvalue weighted by molar-refractivity contribution is 5.27. The number of phenols is 1. The highest BCUT2D eigenvalue weighted by Gasteiger charge is 1.99. The molecule has 16 heavy (non-hydrogen) atoms. The molecule has 0 atom stereocenters. The molecule has 4 heteroatoms. The van der Waals surface area contributed by atoms with Crippen LogP contribution < -0.4 is 5.32 Å². The Balaban J connectivity index is 2.08. The molecule has 1 aromatic carbocycles. The molecular weight excluding hydrogens is 202 g/mol. The lowest BCUT2D eigenvalue weighted by molar-refractivity contribution is 0.474. The molecule has 0 aliphatic carbocycles. The van der Waals surface area contributed by atoms with Crippen LogP contribution in [-0.2, 0) is 13.1 Å². The van der Waals surface area contributed by atoms with Crippen LogP contribution in [0.4, 0.5) is 0 Å². The van der Waals surface area contributed by atoms with Crippen LogP contribution in [0.15, 0.2) is 36.5 Å². The molecular formula is C12H15N3O. The van der Waals surface area contributed by atoms with Crippen molar-refractivity contribution in [1.82, 2.24) is 15.1 Å². The van der Waals surface area contributed by atoms with Crippen molar-refractivity contribution in [2.24, 2.45) is 0 Å². The molecule has 2 aromatic rings. The van der Waals surface area contributed by atoms with Gasteiger partial charge in [0.25, 0.3) is 0 Å². The van der Waals surface area contributed by atoms with Gasteiger partial charge in [0.1, 0.15) is 5.75 Å². The second-order valence-corrected chi connectivity index (χ2v) is 3.70. The lowest BCUT2D eigenvalue weighted by atomic mass is 10.2. The first-order valence-electron chi connectivity index (χ1n) is 5.23. The molecule has 0 unspecified atom stereocenters. The summed E-state index contributed by atoms with van der Waals surface area (Å²) in [4.78, 5) is 0. The molecule has 0 fully saturated rings. The molecule has 4 nitrogen and oxygen atoms in total. The second-order valence-electron chi connectivity index (χ2n) is 3.70. The minimum Gasteiger partial charge on any atom is -0.508 e. The van der Waals surface area contributed by atoms with Crippen molar-refractivity contribution in [2.45, 2.75) is 13.1 Å². The summed E-state index contributed by atoms with van der Waals surface area (Å²) in [5.74, 6) is 0.292. The number of hydrogen-bond donors (Lipinski definition) is 2. The van der Waals surface area contributed by atoms with Crippen LogP contribution >= 0.6 is 0 Å². The van der Waals surface area contributed by atoms with Crippen LogP contribution in [0.1, 0.15) is 11.3 Å². The predicted octanol–water partition coefficient (Wildman–Crippen LogP) is 1.36. The minimum atomic E-state index is 0.292. The maximum absolute atomic E-state index is 9.34. The zero-order chi connectivity index (χ0) is 11.4. The van der Waals surface area contributed by atoms with E-state index in [-0.39, 0.29) is 0 Å². The largest absolute Gasteiger partial charge is 0.508 e. The van der Waals surface area contributed by atoms with Crippen molar-refractivity contribution < 1.29 is 5.11 Å². The number of nitrogens with one attached hydrogen (secondary N) is 1. The maximum atomic E-state index is 9.34. The molecule has 1 heterocycles. The van der Waals surface area contributed by atoms with E-state index >= 15 is 0 Å². The molecule has 0 bridgehead atoms. The lowest BCUT2D eigenvalue weighted by Crippen LogP contribution is -2.07. The number of aromatic nitrogens is 2. The van der Waals surface area contributed by atoms with Gasteiger partial charge in [-0.1, -0.05) is 12.1 Å². The first-order chi connectivity index (χ1) is 7.78. The molecule has 2 rings (SSSR count). The Kier molecular flexibility index (Phi) is 3.22. The predicted molar refractivity (Wildman–Crippen MR) is 62.2 cm³/mol. The summed E-state index contributed by atoms with van der Waals surface area (Å²) >= 11 is 0. The summed E-state index contributed by atoms with van der Waals surface area (Å²) in [6.45, 7) is 1.45. The molecule has 0 saturated carbocycles. The van der Waals surface area contributed by atoms with E-state index in [9.17, 15) is 5.11 Å². The van der Waals surface area contributed by atoms with E-state index in [1.807, 2.05) is 36.1 Å². The fourth-order valence-electron chi connectivity index (χ4n) is 1.61. The van der Waals surface area contributed by atoms with E-state index in [2.05, 4.69) is 10.4 Å². The third-order valence-corrected chi connectivity index (χ3v) is 2.31. The number of phenolic OH excluding ortho intramolecular Hbond substituents is 1. The highest BCUT2D eigenvalue weighted by Crippen LogP contribution is 2.11. The van der Waals surface area contributed by atoms with Crippen LogP contribution in [0, 0.1) is 0 Å². The minimum absolute atomic E-state index is 0.292. The van der Waals surface area contributed by atoms with Gasteiger partial charge in [0, 0.05) is 12.7 Å². The van der Waals surface area contributed by atoms with Gasteiger partial charge in [0.15, 0.2) is 0 Å². The van der Waals surface area contributed by atoms with E-state index in [1.165, 1.54) is 0 Å². The first kappa shape index (κ1) is 10.7. The molecule has 0 radical (unpaired) electrons. The SMILES string of the molecule is CNCc1ccn(Cc2cccc(O)c2)n1. The summed E-state index contributed by atoms with van der Waals surface area (Å²) in [7, 11) is 1.90. The van der Waals surface area contributed by atoms with Crippen LogP contribution in [0.5, 0.6) is 5.75 Å². The zero-order valence-corrected chi connectivity index (χ0v) is 9.22. The number of benzene rings is 1. The molecule has 0 aliphatic rings. The third-order valence-electron chi connectivity index (χ3n) is 2.31. The summed E-state index contributed by atoms with van der Waals surface area (Å²) in [6, 6.07) is 9.21. The Bertz CT molecular complexity index is 465. The van der Waals surface area contributed by atoms with Crippen molar-refractivity contribution in [1.29, 1.82) is 0 Å². The van der Waals surface area contributed by atoms with Gasteiger partial charge in [0.05, 0.1) is 12.2 Å². The second kappa shape index (κ2) is 4.81. The Morgan fingerprint density at radius 3 is 3.00 bits per heavy atom. The Labute approximate surface area is 94.5 Å². The summed E-state index contributed by atoms with van der Waals surface area (Å²) in [6.07, 6.45) is 1.94. The average Bonchev–Trinajstić information content (AvgIpc) is 2.66. The Morgan fingerprint density at radius 1 is 1.38 bits per heavy atom.